The van der Waals surface area contributed by atoms with Crippen molar-refractivity contribution in [2.45, 2.75) is 36.6 Å². The van der Waals surface area contributed by atoms with Gasteiger partial charge in [0, 0.05) is 5.75 Å². The molecule has 0 heterocycles. The Morgan fingerprint density at radius 3 is 2.40 bits per heavy atom. The summed E-state index contributed by atoms with van der Waals surface area (Å²) in [5.41, 5.74) is -1.15. The van der Waals surface area contributed by atoms with Crippen molar-refractivity contribution in [1.82, 2.24) is 10.6 Å². The highest BCUT2D eigenvalue weighted by Gasteiger charge is 2.47. The Hall–Kier alpha value is -1.79. The fraction of sp³-hybridized carbons (Fsp3) is 0.500. The van der Waals surface area contributed by atoms with Crippen LogP contribution in [0.2, 0.25) is 0 Å². The molecule has 136 valence electrons. The Labute approximate surface area is 147 Å². The molecule has 2 rings (SSSR count). The number of halogens is 4. The molecule has 9 heteroatoms. The van der Waals surface area contributed by atoms with Crippen molar-refractivity contribution in [3.05, 3.63) is 35.6 Å². The van der Waals surface area contributed by atoms with Gasteiger partial charge in [-0.05, 0) is 36.8 Å². The van der Waals surface area contributed by atoms with Crippen LogP contribution in [0.4, 0.5) is 17.6 Å². The molecule has 4 nitrogen and oxygen atoms in total. The first-order valence-corrected chi connectivity index (χ1v) is 8.90. The molecule has 0 bridgehead atoms. The van der Waals surface area contributed by atoms with E-state index in [1.54, 1.807) is 6.26 Å². The standard InChI is InChI=1S/C16H17F4N3OS/c1-25-8-12(14(24)23-15(9-21)6-7-15)22-13(16(18,19)20)10-2-4-11(17)5-3-10/h2-5,12-13,22H,6-8H2,1H3,(H,23,24)/t12-,13-/m0/s1. The van der Waals surface area contributed by atoms with E-state index in [9.17, 15) is 22.4 Å². The number of carbonyl (C=O) groups excluding carboxylic acids is 1. The van der Waals surface area contributed by atoms with Gasteiger partial charge in [0.05, 0.1) is 12.1 Å². The maximum Gasteiger partial charge on any atom is 0.407 e. The zero-order valence-electron chi connectivity index (χ0n) is 13.4. The number of alkyl halides is 3. The molecule has 1 saturated carbocycles. The summed E-state index contributed by atoms with van der Waals surface area (Å²) >= 11 is 1.21. The van der Waals surface area contributed by atoms with Crippen molar-refractivity contribution in [3.8, 4) is 6.07 Å². The summed E-state index contributed by atoms with van der Waals surface area (Å²) in [7, 11) is 0. The van der Waals surface area contributed by atoms with Crippen molar-refractivity contribution in [1.29, 1.82) is 5.26 Å². The Morgan fingerprint density at radius 1 is 1.36 bits per heavy atom. The van der Waals surface area contributed by atoms with Gasteiger partial charge < -0.3 is 5.32 Å². The lowest BCUT2D eigenvalue weighted by Gasteiger charge is -2.27. The van der Waals surface area contributed by atoms with Crippen molar-refractivity contribution in [2.75, 3.05) is 12.0 Å². The van der Waals surface area contributed by atoms with E-state index in [-0.39, 0.29) is 11.3 Å². The van der Waals surface area contributed by atoms with Gasteiger partial charge in [0.1, 0.15) is 17.4 Å². The summed E-state index contributed by atoms with van der Waals surface area (Å²) in [5, 5.41) is 13.9. The van der Waals surface area contributed by atoms with Crippen LogP contribution in [0.5, 0.6) is 0 Å². The van der Waals surface area contributed by atoms with E-state index in [2.05, 4.69) is 10.6 Å². The van der Waals surface area contributed by atoms with E-state index in [1.807, 2.05) is 6.07 Å². The molecule has 1 amide bonds. The van der Waals surface area contributed by atoms with Crippen LogP contribution in [0, 0.1) is 17.1 Å². The number of benzene rings is 1. The summed E-state index contributed by atoms with van der Waals surface area (Å²) < 4.78 is 53.3. The van der Waals surface area contributed by atoms with Crippen LogP contribution in [-0.4, -0.2) is 35.7 Å². The van der Waals surface area contributed by atoms with E-state index in [4.69, 9.17) is 5.26 Å². The van der Waals surface area contributed by atoms with Crippen molar-refractivity contribution >= 4 is 17.7 Å². The topological polar surface area (TPSA) is 64.9 Å². The number of carbonyl (C=O) groups is 1. The summed E-state index contributed by atoms with van der Waals surface area (Å²) in [5.74, 6) is -1.20. The van der Waals surface area contributed by atoms with Gasteiger partial charge in [0.25, 0.3) is 0 Å². The molecule has 0 spiro atoms. The Balaban J connectivity index is 2.19. The number of nitrogens with zero attached hydrogens (tertiary/aromatic N) is 1. The predicted molar refractivity (Wildman–Crippen MR) is 86.2 cm³/mol. The SMILES string of the molecule is CSC[C@H](N[C@@H](c1ccc(F)cc1)C(F)(F)F)C(=O)NC1(C#N)CC1. The van der Waals surface area contributed by atoms with E-state index in [0.717, 1.165) is 24.3 Å². The van der Waals surface area contributed by atoms with E-state index < -0.39 is 35.5 Å². The number of nitriles is 1. The number of thioether (sulfide) groups is 1. The molecule has 25 heavy (non-hydrogen) atoms. The zero-order valence-corrected chi connectivity index (χ0v) is 14.2. The summed E-state index contributed by atoms with van der Waals surface area (Å²) in [6.45, 7) is 0. The van der Waals surface area contributed by atoms with Crippen LogP contribution in [-0.2, 0) is 4.79 Å². The second-order valence-corrected chi connectivity index (χ2v) is 6.79. The minimum atomic E-state index is -4.67. The van der Waals surface area contributed by atoms with Crippen LogP contribution >= 0.6 is 11.8 Å². The van der Waals surface area contributed by atoms with Crippen LogP contribution < -0.4 is 10.6 Å². The van der Waals surface area contributed by atoms with E-state index >= 15 is 0 Å². The smallest absolute Gasteiger partial charge is 0.336 e. The fourth-order valence-electron chi connectivity index (χ4n) is 2.31. The van der Waals surface area contributed by atoms with Gasteiger partial charge >= 0.3 is 6.18 Å². The number of rotatable bonds is 7. The molecule has 2 atom stereocenters. The molecular formula is C16H17F4N3OS. The summed E-state index contributed by atoms with van der Waals surface area (Å²) in [6.07, 6.45) is -2.02. The number of nitrogens with one attached hydrogen (secondary N) is 2. The van der Waals surface area contributed by atoms with Crippen molar-refractivity contribution in [3.63, 3.8) is 0 Å². The highest BCUT2D eigenvalue weighted by Crippen LogP contribution is 2.35. The second kappa shape index (κ2) is 7.62. The molecule has 0 aliphatic heterocycles. The van der Waals surface area contributed by atoms with E-state index in [1.165, 1.54) is 11.8 Å². The first-order valence-electron chi connectivity index (χ1n) is 7.51. The second-order valence-electron chi connectivity index (χ2n) is 5.88. The molecule has 1 fully saturated rings. The lowest BCUT2D eigenvalue weighted by Crippen LogP contribution is -2.52. The molecule has 0 saturated heterocycles. The lowest BCUT2D eigenvalue weighted by molar-refractivity contribution is -0.160. The monoisotopic (exact) mass is 375 g/mol. The van der Waals surface area contributed by atoms with E-state index in [0.29, 0.717) is 12.8 Å². The van der Waals surface area contributed by atoms with Gasteiger partial charge in [-0.25, -0.2) is 4.39 Å². The van der Waals surface area contributed by atoms with Crippen molar-refractivity contribution < 1.29 is 22.4 Å². The van der Waals surface area contributed by atoms with Crippen LogP contribution in [0.15, 0.2) is 24.3 Å². The maximum atomic E-state index is 13.4. The fourth-order valence-corrected chi connectivity index (χ4v) is 2.90. The Kier molecular flexibility index (Phi) is 5.95. The summed E-state index contributed by atoms with van der Waals surface area (Å²) in [6, 6.07) is 2.66. The van der Waals surface area contributed by atoms with Gasteiger partial charge in [0.2, 0.25) is 5.91 Å². The normalized spacial score (nSPS) is 18.1. The van der Waals surface area contributed by atoms with Gasteiger partial charge in [-0.3, -0.25) is 10.1 Å². The Bertz CT molecular complexity index is 653. The molecule has 0 unspecified atom stereocenters. The molecule has 2 N–H and O–H groups in total. The third kappa shape index (κ3) is 5.09. The quantitative estimate of drug-likeness (QED) is 0.720. The highest BCUT2D eigenvalue weighted by atomic mass is 32.2. The van der Waals surface area contributed by atoms with Crippen LogP contribution in [0.1, 0.15) is 24.4 Å². The van der Waals surface area contributed by atoms with Gasteiger partial charge in [-0.15, -0.1) is 0 Å². The molecule has 0 aromatic heterocycles. The lowest BCUT2D eigenvalue weighted by atomic mass is 10.0. The predicted octanol–water partition coefficient (Wildman–Crippen LogP) is 2.92. The maximum absolute atomic E-state index is 13.4. The third-order valence-corrected chi connectivity index (χ3v) is 4.54. The largest absolute Gasteiger partial charge is 0.407 e. The third-order valence-electron chi connectivity index (χ3n) is 3.87. The average molecular weight is 375 g/mol. The number of hydrogen-bond acceptors (Lipinski definition) is 4. The average Bonchev–Trinajstić information content (AvgIpc) is 3.31. The minimum absolute atomic E-state index is 0.0983. The first-order chi connectivity index (χ1) is 11.7. The molecule has 1 aromatic carbocycles. The molecule has 1 aliphatic carbocycles. The van der Waals surface area contributed by atoms with Gasteiger partial charge in [-0.2, -0.15) is 30.2 Å². The molecular weight excluding hydrogens is 358 g/mol. The van der Waals surface area contributed by atoms with Gasteiger partial charge in [-0.1, -0.05) is 12.1 Å². The zero-order chi connectivity index (χ0) is 18.7. The molecule has 1 aromatic rings. The molecule has 0 radical (unpaired) electrons. The Morgan fingerprint density at radius 2 is 1.96 bits per heavy atom. The minimum Gasteiger partial charge on any atom is -0.336 e. The molecule has 1 aliphatic rings. The highest BCUT2D eigenvalue weighted by molar-refractivity contribution is 7.98. The van der Waals surface area contributed by atoms with Crippen molar-refractivity contribution in [2.24, 2.45) is 0 Å². The van der Waals surface area contributed by atoms with Crippen LogP contribution in [0.3, 0.4) is 0 Å². The summed E-state index contributed by atoms with van der Waals surface area (Å²) in [4.78, 5) is 12.3. The van der Waals surface area contributed by atoms with Crippen LogP contribution in [0.25, 0.3) is 0 Å². The number of hydrogen-bond donors (Lipinski definition) is 2. The van der Waals surface area contributed by atoms with Gasteiger partial charge in [0.15, 0.2) is 0 Å². The first kappa shape index (κ1) is 19.5. The number of amides is 1.